The van der Waals surface area contributed by atoms with Gasteiger partial charge >= 0.3 is 6.18 Å². The fourth-order valence-corrected chi connectivity index (χ4v) is 1.39. The second kappa shape index (κ2) is 4.63. The van der Waals surface area contributed by atoms with Gasteiger partial charge in [0.05, 0.1) is 5.69 Å². The molecule has 0 amide bonds. The molecular weight excluding hydrogens is 207 g/mol. The molecule has 6 heteroatoms. The number of aryl methyl sites for hydroxylation is 2. The highest BCUT2D eigenvalue weighted by atomic mass is 19.4. The molecule has 0 aromatic carbocycles. The summed E-state index contributed by atoms with van der Waals surface area (Å²) in [6.07, 6.45) is -2.48. The van der Waals surface area contributed by atoms with Gasteiger partial charge in [-0.05, 0) is 19.8 Å². The fourth-order valence-electron chi connectivity index (χ4n) is 1.39. The summed E-state index contributed by atoms with van der Waals surface area (Å²) >= 11 is 0. The lowest BCUT2D eigenvalue weighted by Crippen LogP contribution is -2.16. The maximum Gasteiger partial charge on any atom is 0.434 e. The van der Waals surface area contributed by atoms with Crippen LogP contribution < -0.4 is 0 Å². The Balaban J connectivity index is 3.01. The van der Waals surface area contributed by atoms with Gasteiger partial charge in [0.15, 0.2) is 5.69 Å². The van der Waals surface area contributed by atoms with E-state index >= 15 is 0 Å². The zero-order valence-electron chi connectivity index (χ0n) is 8.80. The predicted octanol–water partition coefficient (Wildman–Crippen LogP) is 2.66. The van der Waals surface area contributed by atoms with Crippen LogP contribution in [0.15, 0.2) is 0 Å². The van der Waals surface area contributed by atoms with E-state index in [1.54, 1.807) is 6.92 Å². The first-order chi connectivity index (χ1) is 7.00. The average molecular weight is 221 g/mol. The standard InChI is InChI=1S/C9H14F3N3/c1-3-5-6-7-8(9(10,11)12)15(4-2)14-13-7/h3-6H2,1-2H3. The summed E-state index contributed by atoms with van der Waals surface area (Å²) in [5.74, 6) is 0. The van der Waals surface area contributed by atoms with Crippen molar-refractivity contribution in [3.63, 3.8) is 0 Å². The van der Waals surface area contributed by atoms with Gasteiger partial charge in [-0.2, -0.15) is 13.2 Å². The number of aromatic nitrogens is 3. The van der Waals surface area contributed by atoms with Crippen molar-refractivity contribution < 1.29 is 13.2 Å². The van der Waals surface area contributed by atoms with Gasteiger partial charge in [-0.15, -0.1) is 5.10 Å². The monoisotopic (exact) mass is 221 g/mol. The maximum atomic E-state index is 12.7. The second-order valence-electron chi connectivity index (χ2n) is 3.30. The fraction of sp³-hybridized carbons (Fsp3) is 0.778. The Morgan fingerprint density at radius 3 is 2.40 bits per heavy atom. The molecule has 3 nitrogen and oxygen atoms in total. The third kappa shape index (κ3) is 2.70. The number of halogens is 3. The molecule has 15 heavy (non-hydrogen) atoms. The molecule has 0 fully saturated rings. The van der Waals surface area contributed by atoms with Crippen LogP contribution in [-0.4, -0.2) is 15.0 Å². The van der Waals surface area contributed by atoms with E-state index in [4.69, 9.17) is 0 Å². The van der Waals surface area contributed by atoms with Crippen molar-refractivity contribution in [1.82, 2.24) is 15.0 Å². The van der Waals surface area contributed by atoms with E-state index in [1.807, 2.05) is 6.92 Å². The number of hydrogen-bond acceptors (Lipinski definition) is 2. The highest BCUT2D eigenvalue weighted by Crippen LogP contribution is 2.31. The summed E-state index contributed by atoms with van der Waals surface area (Å²) in [6, 6.07) is 0. The number of unbranched alkanes of at least 4 members (excludes halogenated alkanes) is 1. The third-order valence-corrected chi connectivity index (χ3v) is 2.14. The minimum absolute atomic E-state index is 0.0613. The molecule has 1 aromatic rings. The minimum atomic E-state index is -4.36. The molecule has 0 radical (unpaired) electrons. The first kappa shape index (κ1) is 12.0. The lowest BCUT2D eigenvalue weighted by atomic mass is 10.1. The first-order valence-corrected chi connectivity index (χ1v) is 5.00. The van der Waals surface area contributed by atoms with Crippen LogP contribution in [0.3, 0.4) is 0 Å². The minimum Gasteiger partial charge on any atom is -0.240 e. The summed E-state index contributed by atoms with van der Waals surface area (Å²) in [5, 5.41) is 7.08. The van der Waals surface area contributed by atoms with E-state index in [1.165, 1.54) is 0 Å². The smallest absolute Gasteiger partial charge is 0.240 e. The van der Waals surface area contributed by atoms with E-state index in [9.17, 15) is 13.2 Å². The molecular formula is C9H14F3N3. The number of hydrogen-bond donors (Lipinski definition) is 0. The van der Waals surface area contributed by atoms with E-state index in [-0.39, 0.29) is 12.2 Å². The Bertz CT molecular complexity index is 317. The van der Waals surface area contributed by atoms with E-state index < -0.39 is 11.9 Å². The van der Waals surface area contributed by atoms with Gasteiger partial charge in [-0.1, -0.05) is 18.6 Å². The van der Waals surface area contributed by atoms with Crippen molar-refractivity contribution in [2.45, 2.75) is 45.8 Å². The van der Waals surface area contributed by atoms with Crippen molar-refractivity contribution in [2.75, 3.05) is 0 Å². The van der Waals surface area contributed by atoms with Crippen LogP contribution in [0.5, 0.6) is 0 Å². The number of alkyl halides is 3. The van der Waals surface area contributed by atoms with Gasteiger partial charge in [-0.3, -0.25) is 0 Å². The topological polar surface area (TPSA) is 30.7 Å². The van der Waals surface area contributed by atoms with Gasteiger partial charge in [-0.25, -0.2) is 4.68 Å². The summed E-state index contributed by atoms with van der Waals surface area (Å²) < 4.78 is 38.9. The van der Waals surface area contributed by atoms with Gasteiger partial charge in [0, 0.05) is 6.54 Å². The van der Waals surface area contributed by atoms with Crippen LogP contribution in [0, 0.1) is 0 Å². The molecule has 0 N–H and O–H groups in total. The average Bonchev–Trinajstić information content (AvgIpc) is 2.56. The van der Waals surface area contributed by atoms with Crippen LogP contribution in [0.1, 0.15) is 38.1 Å². The zero-order valence-corrected chi connectivity index (χ0v) is 8.80. The van der Waals surface area contributed by atoms with Crippen LogP contribution >= 0.6 is 0 Å². The number of rotatable bonds is 4. The Morgan fingerprint density at radius 2 is 1.93 bits per heavy atom. The molecule has 0 aliphatic heterocycles. The number of nitrogens with zero attached hydrogens (tertiary/aromatic N) is 3. The van der Waals surface area contributed by atoms with Gasteiger partial charge in [0.2, 0.25) is 0 Å². The normalized spacial score (nSPS) is 12.1. The van der Waals surface area contributed by atoms with E-state index in [0.717, 1.165) is 11.1 Å². The third-order valence-electron chi connectivity index (χ3n) is 2.14. The summed E-state index contributed by atoms with van der Waals surface area (Å²) in [5.41, 5.74) is -0.635. The van der Waals surface area contributed by atoms with Crippen molar-refractivity contribution in [3.8, 4) is 0 Å². The lowest BCUT2D eigenvalue weighted by Gasteiger charge is -2.09. The van der Waals surface area contributed by atoms with Gasteiger partial charge < -0.3 is 0 Å². The second-order valence-corrected chi connectivity index (χ2v) is 3.30. The molecule has 0 bridgehead atoms. The maximum absolute atomic E-state index is 12.7. The highest BCUT2D eigenvalue weighted by molar-refractivity contribution is 5.14. The van der Waals surface area contributed by atoms with Crippen LogP contribution in [0.4, 0.5) is 13.2 Å². The van der Waals surface area contributed by atoms with Gasteiger partial charge in [0.25, 0.3) is 0 Å². The molecule has 1 heterocycles. The molecule has 86 valence electrons. The Labute approximate surface area is 86.3 Å². The molecule has 1 rings (SSSR count). The molecule has 0 aliphatic carbocycles. The van der Waals surface area contributed by atoms with Crippen molar-refractivity contribution in [2.24, 2.45) is 0 Å². The first-order valence-electron chi connectivity index (χ1n) is 5.00. The summed E-state index contributed by atoms with van der Waals surface area (Å²) in [6.45, 7) is 3.74. The molecule has 0 saturated heterocycles. The lowest BCUT2D eigenvalue weighted by molar-refractivity contribution is -0.144. The summed E-state index contributed by atoms with van der Waals surface area (Å²) in [7, 11) is 0. The zero-order chi connectivity index (χ0) is 11.5. The predicted molar refractivity (Wildman–Crippen MR) is 49.3 cm³/mol. The Morgan fingerprint density at radius 1 is 1.27 bits per heavy atom. The molecule has 0 atom stereocenters. The Kier molecular flexibility index (Phi) is 3.71. The van der Waals surface area contributed by atoms with E-state index in [0.29, 0.717) is 12.8 Å². The van der Waals surface area contributed by atoms with Gasteiger partial charge in [0.1, 0.15) is 0 Å². The Hall–Kier alpha value is -1.07. The molecule has 0 unspecified atom stereocenters. The molecule has 0 saturated carbocycles. The van der Waals surface area contributed by atoms with E-state index in [2.05, 4.69) is 10.3 Å². The largest absolute Gasteiger partial charge is 0.434 e. The molecule has 1 aromatic heterocycles. The van der Waals surface area contributed by atoms with Crippen LogP contribution in [0.2, 0.25) is 0 Å². The molecule has 0 aliphatic rings. The highest BCUT2D eigenvalue weighted by Gasteiger charge is 2.38. The summed E-state index contributed by atoms with van der Waals surface area (Å²) in [4.78, 5) is 0. The van der Waals surface area contributed by atoms with Crippen molar-refractivity contribution in [3.05, 3.63) is 11.4 Å². The quantitative estimate of drug-likeness (QED) is 0.782. The van der Waals surface area contributed by atoms with Crippen molar-refractivity contribution >= 4 is 0 Å². The van der Waals surface area contributed by atoms with Crippen LogP contribution in [0.25, 0.3) is 0 Å². The molecule has 0 spiro atoms. The van der Waals surface area contributed by atoms with Crippen molar-refractivity contribution in [1.29, 1.82) is 0 Å². The van der Waals surface area contributed by atoms with Crippen LogP contribution in [-0.2, 0) is 19.1 Å². The SMILES string of the molecule is CCCCc1nnn(CC)c1C(F)(F)F.